The Balaban J connectivity index is 1.72. The lowest BCUT2D eigenvalue weighted by molar-refractivity contribution is -0.132. The molecule has 20 heavy (non-hydrogen) atoms. The molecule has 1 aromatic carbocycles. The third kappa shape index (κ3) is 4.78. The Kier molecular flexibility index (Phi) is 5.40. The fraction of sp³-hybridized carbons (Fsp3) is 0.533. The minimum Gasteiger partial charge on any atom is -0.387 e. The molecular weight excluding hydrogens is 278 g/mol. The summed E-state index contributed by atoms with van der Waals surface area (Å²) >= 11 is 5.78. The maximum atomic E-state index is 11.8. The van der Waals surface area contributed by atoms with Crippen molar-refractivity contribution in [2.45, 2.75) is 32.0 Å². The molecule has 0 aromatic heterocycles. The van der Waals surface area contributed by atoms with Crippen LogP contribution in [0, 0.1) is 5.92 Å². The summed E-state index contributed by atoms with van der Waals surface area (Å²) in [6.45, 7) is 2.54. The summed E-state index contributed by atoms with van der Waals surface area (Å²) in [7, 11) is 0. The van der Waals surface area contributed by atoms with E-state index >= 15 is 0 Å². The number of ether oxygens (including phenoxy) is 1. The zero-order valence-corrected chi connectivity index (χ0v) is 12.3. The normalized spacial score (nSPS) is 17.6. The lowest BCUT2D eigenvalue weighted by Gasteiger charge is -2.16. The third-order valence-corrected chi connectivity index (χ3v) is 3.62. The Labute approximate surface area is 124 Å². The lowest BCUT2D eigenvalue weighted by atomic mass is 10.1. The quantitative estimate of drug-likeness (QED) is 0.812. The van der Waals surface area contributed by atoms with Crippen LogP contribution in [-0.2, 0) is 9.53 Å². The van der Waals surface area contributed by atoms with Gasteiger partial charge < -0.3 is 15.2 Å². The number of hydrogen-bond donors (Lipinski definition) is 2. The molecule has 0 spiro atoms. The monoisotopic (exact) mass is 297 g/mol. The van der Waals surface area contributed by atoms with Gasteiger partial charge in [0.05, 0.1) is 12.7 Å². The van der Waals surface area contributed by atoms with Crippen LogP contribution in [0.5, 0.6) is 0 Å². The van der Waals surface area contributed by atoms with Gasteiger partial charge in [-0.05, 0) is 43.4 Å². The summed E-state index contributed by atoms with van der Waals surface area (Å²) in [5.41, 5.74) is 0.723. The summed E-state index contributed by atoms with van der Waals surface area (Å²) in [5.74, 6) is 0.434. The van der Waals surface area contributed by atoms with E-state index in [4.69, 9.17) is 16.3 Å². The van der Waals surface area contributed by atoms with Crippen molar-refractivity contribution in [1.29, 1.82) is 0 Å². The van der Waals surface area contributed by atoms with E-state index in [2.05, 4.69) is 5.32 Å². The molecule has 2 atom stereocenters. The van der Waals surface area contributed by atoms with Crippen LogP contribution >= 0.6 is 11.6 Å². The molecule has 1 aromatic rings. The SMILES string of the molecule is CC(OCC1CC1)C(=O)NCC(O)c1ccc(Cl)cc1. The summed E-state index contributed by atoms with van der Waals surface area (Å²) in [6.07, 6.45) is 1.17. The molecule has 2 N–H and O–H groups in total. The molecular formula is C15H20ClNO3. The molecule has 110 valence electrons. The van der Waals surface area contributed by atoms with Crippen LogP contribution in [0.2, 0.25) is 5.02 Å². The number of nitrogens with one attached hydrogen (secondary N) is 1. The standard InChI is InChI=1S/C15H20ClNO3/c1-10(20-9-11-2-3-11)15(19)17-8-14(18)12-4-6-13(16)7-5-12/h4-7,10-11,14,18H,2-3,8-9H2,1H3,(H,17,19). The number of benzene rings is 1. The van der Waals surface area contributed by atoms with Crippen molar-refractivity contribution in [3.63, 3.8) is 0 Å². The molecule has 0 saturated heterocycles. The van der Waals surface area contributed by atoms with E-state index in [9.17, 15) is 9.90 Å². The van der Waals surface area contributed by atoms with E-state index in [0.717, 1.165) is 5.56 Å². The van der Waals surface area contributed by atoms with Gasteiger partial charge in [0.15, 0.2) is 0 Å². The Morgan fingerprint density at radius 1 is 1.45 bits per heavy atom. The first-order chi connectivity index (χ1) is 9.56. The molecule has 0 radical (unpaired) electrons. The van der Waals surface area contributed by atoms with E-state index in [1.54, 1.807) is 31.2 Å². The molecule has 1 aliphatic carbocycles. The summed E-state index contributed by atoms with van der Waals surface area (Å²) in [4.78, 5) is 11.8. The average molecular weight is 298 g/mol. The highest BCUT2D eigenvalue weighted by Crippen LogP contribution is 2.29. The smallest absolute Gasteiger partial charge is 0.248 e. The molecule has 5 heteroatoms. The second-order valence-corrected chi connectivity index (χ2v) is 5.67. The second kappa shape index (κ2) is 7.07. The first-order valence-electron chi connectivity index (χ1n) is 6.89. The molecule has 0 heterocycles. The predicted octanol–water partition coefficient (Wildman–Crippen LogP) is 2.30. The lowest BCUT2D eigenvalue weighted by Crippen LogP contribution is -2.37. The number of aliphatic hydroxyl groups excluding tert-OH is 1. The van der Waals surface area contributed by atoms with Crippen LogP contribution < -0.4 is 5.32 Å². The van der Waals surface area contributed by atoms with Gasteiger partial charge in [0.25, 0.3) is 0 Å². The molecule has 1 amide bonds. The first kappa shape index (κ1) is 15.3. The van der Waals surface area contributed by atoms with Crippen molar-refractivity contribution in [1.82, 2.24) is 5.32 Å². The third-order valence-electron chi connectivity index (χ3n) is 3.37. The number of rotatable bonds is 7. The van der Waals surface area contributed by atoms with E-state index in [1.165, 1.54) is 12.8 Å². The Morgan fingerprint density at radius 3 is 2.70 bits per heavy atom. The van der Waals surface area contributed by atoms with Crippen LogP contribution in [0.25, 0.3) is 0 Å². The summed E-state index contributed by atoms with van der Waals surface area (Å²) in [6, 6.07) is 6.91. The van der Waals surface area contributed by atoms with Gasteiger partial charge in [-0.1, -0.05) is 23.7 Å². The number of amides is 1. The maximum absolute atomic E-state index is 11.8. The maximum Gasteiger partial charge on any atom is 0.248 e. The molecule has 0 aliphatic heterocycles. The van der Waals surface area contributed by atoms with Crippen molar-refractivity contribution in [2.24, 2.45) is 5.92 Å². The minimum absolute atomic E-state index is 0.164. The zero-order chi connectivity index (χ0) is 14.5. The van der Waals surface area contributed by atoms with Gasteiger partial charge in [-0.25, -0.2) is 0 Å². The van der Waals surface area contributed by atoms with Crippen molar-refractivity contribution in [3.8, 4) is 0 Å². The van der Waals surface area contributed by atoms with Gasteiger partial charge in [-0.3, -0.25) is 4.79 Å². The Hall–Kier alpha value is -1.10. The molecule has 1 fully saturated rings. The van der Waals surface area contributed by atoms with Crippen molar-refractivity contribution in [2.75, 3.05) is 13.2 Å². The van der Waals surface area contributed by atoms with Crippen LogP contribution in [0.4, 0.5) is 0 Å². The largest absolute Gasteiger partial charge is 0.387 e. The van der Waals surface area contributed by atoms with Gasteiger partial charge in [-0.15, -0.1) is 0 Å². The van der Waals surface area contributed by atoms with Crippen molar-refractivity contribution in [3.05, 3.63) is 34.9 Å². The average Bonchev–Trinajstić information content (AvgIpc) is 3.26. The van der Waals surface area contributed by atoms with Crippen LogP contribution in [0.1, 0.15) is 31.4 Å². The van der Waals surface area contributed by atoms with Crippen LogP contribution in [-0.4, -0.2) is 30.3 Å². The molecule has 4 nitrogen and oxygen atoms in total. The highest BCUT2D eigenvalue weighted by molar-refractivity contribution is 6.30. The molecule has 2 unspecified atom stereocenters. The van der Waals surface area contributed by atoms with Gasteiger partial charge in [0.1, 0.15) is 6.10 Å². The number of aliphatic hydroxyl groups is 1. The molecule has 2 rings (SSSR count). The number of hydrogen-bond acceptors (Lipinski definition) is 3. The summed E-state index contributed by atoms with van der Waals surface area (Å²) < 4.78 is 5.47. The van der Waals surface area contributed by atoms with E-state index in [0.29, 0.717) is 17.5 Å². The molecule has 1 aliphatic rings. The van der Waals surface area contributed by atoms with Crippen molar-refractivity contribution >= 4 is 17.5 Å². The summed E-state index contributed by atoms with van der Waals surface area (Å²) in [5, 5.41) is 13.3. The number of carbonyl (C=O) groups excluding carboxylic acids is 1. The predicted molar refractivity (Wildman–Crippen MR) is 77.6 cm³/mol. The van der Waals surface area contributed by atoms with Crippen LogP contribution in [0.15, 0.2) is 24.3 Å². The van der Waals surface area contributed by atoms with Gasteiger partial charge in [-0.2, -0.15) is 0 Å². The van der Waals surface area contributed by atoms with E-state index in [-0.39, 0.29) is 12.5 Å². The van der Waals surface area contributed by atoms with E-state index < -0.39 is 12.2 Å². The number of carbonyl (C=O) groups is 1. The first-order valence-corrected chi connectivity index (χ1v) is 7.27. The Bertz CT molecular complexity index is 445. The topological polar surface area (TPSA) is 58.6 Å². The Morgan fingerprint density at radius 2 is 2.10 bits per heavy atom. The number of halogens is 1. The minimum atomic E-state index is -0.744. The van der Waals surface area contributed by atoms with Gasteiger partial charge >= 0.3 is 0 Å². The second-order valence-electron chi connectivity index (χ2n) is 5.23. The van der Waals surface area contributed by atoms with Gasteiger partial charge in [0.2, 0.25) is 5.91 Å². The van der Waals surface area contributed by atoms with Gasteiger partial charge in [0, 0.05) is 11.6 Å². The highest BCUT2D eigenvalue weighted by Gasteiger charge is 2.24. The molecule has 0 bridgehead atoms. The molecule has 1 saturated carbocycles. The van der Waals surface area contributed by atoms with E-state index in [1.807, 2.05) is 0 Å². The fourth-order valence-corrected chi connectivity index (χ4v) is 1.91. The zero-order valence-electron chi connectivity index (χ0n) is 11.5. The van der Waals surface area contributed by atoms with Crippen LogP contribution in [0.3, 0.4) is 0 Å². The highest BCUT2D eigenvalue weighted by atomic mass is 35.5. The van der Waals surface area contributed by atoms with Crippen molar-refractivity contribution < 1.29 is 14.6 Å². The fourth-order valence-electron chi connectivity index (χ4n) is 1.78.